The summed E-state index contributed by atoms with van der Waals surface area (Å²) >= 11 is 5.21. The number of fused-ring (bicyclic) bond motifs is 5. The molecular weight excluding hydrogens is 652 g/mol. The molecule has 2 unspecified atom stereocenters. The van der Waals surface area contributed by atoms with Crippen LogP contribution in [0.1, 0.15) is 12.5 Å². The van der Waals surface area contributed by atoms with E-state index in [1.165, 1.54) is 28.1 Å². The zero-order valence-corrected chi connectivity index (χ0v) is 24.5. The van der Waals surface area contributed by atoms with Gasteiger partial charge in [-0.2, -0.15) is 0 Å². The molecule has 7 N–H and O–H groups in total. The second-order valence-corrected chi connectivity index (χ2v) is 14.1. The fraction of sp³-hybridized carbons (Fsp3) is 0.500. The zero-order valence-electron chi connectivity index (χ0n) is 21.9. The van der Waals surface area contributed by atoms with Crippen LogP contribution in [0.2, 0.25) is 0 Å². The highest BCUT2D eigenvalue weighted by atomic mass is 32.5. The van der Waals surface area contributed by atoms with Crippen molar-refractivity contribution in [1.82, 2.24) is 39.0 Å². The number of aliphatic hydroxyl groups excluding tert-OH is 2. The summed E-state index contributed by atoms with van der Waals surface area (Å²) < 4.78 is 49.1. The zero-order chi connectivity index (χ0) is 31.0. The van der Waals surface area contributed by atoms with Crippen LogP contribution in [0.15, 0.2) is 30.1 Å². The number of hydrogen-bond donors (Lipinski definition) is 6. The standard InChI is InChI=1S/C20H23N9O12P2S/c21-15-9-16(23-3-22-15)28(5-26-9)19-12(31)13-8(39-19)2-37-43(35,44)41-14-11(30)7(1-36-42(33,34)40-13)38-20(14)29-6-27-10-17(29)24-4-25-18(10)32/h3-8,11-14,19-20,30-31H,1-2H2,(H,33,34)(H,35,44)(H2,21,22,23)(H,24,25,32)/t7-,8-,11-,12-,13-,14-,19-,20-,43?/m1/s1. The minimum Gasteiger partial charge on any atom is -0.387 e. The Morgan fingerprint density at radius 1 is 0.886 bits per heavy atom. The molecule has 3 fully saturated rings. The van der Waals surface area contributed by atoms with Crippen molar-refractivity contribution in [3.8, 4) is 0 Å². The third-order valence-corrected chi connectivity index (χ3v) is 9.78. The number of rotatable bonds is 2. The SMILES string of the molecule is Nc1ncnc2c1ncn2[C@@H]1O[C@@H]2COP(O)(=S)O[C@@H]3[C@H](O)[C@@H](COP(=O)(O)O[C@H]2[C@H]1O)O[C@H]3n1cnc2c(=O)[nH]cnc21. The molecular formula is C20H23N9O12P2S. The molecule has 3 aliphatic rings. The maximum absolute atomic E-state index is 13.1. The van der Waals surface area contributed by atoms with Gasteiger partial charge in [0.05, 0.1) is 32.2 Å². The summed E-state index contributed by atoms with van der Waals surface area (Å²) in [5.41, 5.74) is 5.70. The lowest BCUT2D eigenvalue weighted by Crippen LogP contribution is -2.36. The first-order valence-electron chi connectivity index (χ1n) is 12.7. The first-order valence-corrected chi connectivity index (χ1v) is 16.8. The highest BCUT2D eigenvalue weighted by Gasteiger charge is 2.53. The number of aliphatic hydroxyl groups is 2. The molecule has 24 heteroatoms. The summed E-state index contributed by atoms with van der Waals surface area (Å²) in [6.45, 7) is -5.58. The summed E-state index contributed by atoms with van der Waals surface area (Å²) in [5, 5.41) is 22.2. The molecule has 236 valence electrons. The number of nitrogens with one attached hydrogen (secondary N) is 1. The number of aromatic nitrogens is 8. The van der Waals surface area contributed by atoms with Crippen molar-refractivity contribution in [2.75, 3.05) is 18.9 Å². The van der Waals surface area contributed by atoms with Gasteiger partial charge in [-0.25, -0.2) is 29.5 Å². The van der Waals surface area contributed by atoms with Crippen LogP contribution in [-0.4, -0.2) is 109 Å². The van der Waals surface area contributed by atoms with Crippen molar-refractivity contribution >= 4 is 54.5 Å². The molecule has 7 rings (SSSR count). The largest absolute Gasteiger partial charge is 0.472 e. The minimum absolute atomic E-state index is 0.0480. The Morgan fingerprint density at radius 3 is 2.36 bits per heavy atom. The molecule has 2 bridgehead atoms. The van der Waals surface area contributed by atoms with Crippen molar-refractivity contribution in [1.29, 1.82) is 0 Å². The van der Waals surface area contributed by atoms with Crippen molar-refractivity contribution in [3.05, 3.63) is 35.7 Å². The molecule has 0 saturated carbocycles. The number of anilines is 1. The number of imidazole rings is 2. The van der Waals surface area contributed by atoms with Crippen LogP contribution in [0.4, 0.5) is 5.82 Å². The molecule has 0 aromatic carbocycles. The topological polar surface area (TPSA) is 287 Å². The maximum atomic E-state index is 13.1. The van der Waals surface area contributed by atoms with E-state index in [-0.39, 0.29) is 28.1 Å². The number of nitrogen functional groups attached to an aromatic ring is 1. The summed E-state index contributed by atoms with van der Waals surface area (Å²) in [4.78, 5) is 56.4. The predicted octanol–water partition coefficient (Wildman–Crippen LogP) is -1.81. The fourth-order valence-corrected chi connectivity index (χ4v) is 7.59. The van der Waals surface area contributed by atoms with Gasteiger partial charge in [0.2, 0.25) is 0 Å². The van der Waals surface area contributed by atoms with Gasteiger partial charge in [-0.15, -0.1) is 0 Å². The van der Waals surface area contributed by atoms with E-state index in [1.54, 1.807) is 0 Å². The van der Waals surface area contributed by atoms with E-state index in [2.05, 4.69) is 29.9 Å². The smallest absolute Gasteiger partial charge is 0.387 e. The highest BCUT2D eigenvalue weighted by Crippen LogP contribution is 2.53. The molecule has 0 amide bonds. The van der Waals surface area contributed by atoms with Crippen LogP contribution < -0.4 is 11.3 Å². The van der Waals surface area contributed by atoms with E-state index in [1.807, 2.05) is 0 Å². The van der Waals surface area contributed by atoms with Crippen LogP contribution in [0.5, 0.6) is 0 Å². The van der Waals surface area contributed by atoms with Gasteiger partial charge >= 0.3 is 14.5 Å². The van der Waals surface area contributed by atoms with Crippen molar-refractivity contribution in [3.63, 3.8) is 0 Å². The van der Waals surface area contributed by atoms with Gasteiger partial charge in [0.25, 0.3) is 5.56 Å². The Morgan fingerprint density at radius 2 is 1.57 bits per heavy atom. The number of ether oxygens (including phenoxy) is 2. The lowest BCUT2D eigenvalue weighted by molar-refractivity contribution is -0.0636. The molecule has 7 heterocycles. The Kier molecular flexibility index (Phi) is 7.41. The van der Waals surface area contributed by atoms with E-state index in [0.717, 1.165) is 6.33 Å². The Bertz CT molecular complexity index is 1890. The Balaban J connectivity index is 1.20. The molecule has 4 aromatic rings. The Labute approximate surface area is 249 Å². The van der Waals surface area contributed by atoms with Crippen LogP contribution in [0.3, 0.4) is 0 Å². The van der Waals surface area contributed by atoms with Gasteiger partial charge in [-0.3, -0.25) is 27.5 Å². The summed E-state index contributed by atoms with van der Waals surface area (Å²) in [6.07, 6.45) is -6.73. The average Bonchev–Trinajstić information content (AvgIpc) is 3.73. The summed E-state index contributed by atoms with van der Waals surface area (Å²) in [6, 6.07) is 0. The molecule has 0 aliphatic carbocycles. The third-order valence-electron chi connectivity index (χ3n) is 7.24. The predicted molar refractivity (Wildman–Crippen MR) is 146 cm³/mol. The number of phosphoric acid groups is 1. The van der Waals surface area contributed by atoms with Gasteiger partial charge in [0, 0.05) is 0 Å². The van der Waals surface area contributed by atoms with E-state index < -0.39 is 82.4 Å². The lowest BCUT2D eigenvalue weighted by atomic mass is 10.1. The number of aromatic amines is 1. The number of H-pyrrole nitrogens is 1. The van der Waals surface area contributed by atoms with E-state index >= 15 is 0 Å². The Hall–Kier alpha value is -2.82. The molecule has 3 aliphatic heterocycles. The maximum Gasteiger partial charge on any atom is 0.472 e. The van der Waals surface area contributed by atoms with E-state index in [0.29, 0.717) is 0 Å². The monoisotopic (exact) mass is 675 g/mol. The summed E-state index contributed by atoms with van der Waals surface area (Å²) in [5.74, 6) is 0.0679. The number of nitrogens with zero attached hydrogens (tertiary/aromatic N) is 7. The average molecular weight is 675 g/mol. The highest BCUT2D eigenvalue weighted by molar-refractivity contribution is 8.07. The first-order chi connectivity index (χ1) is 20.9. The molecule has 44 heavy (non-hydrogen) atoms. The normalized spacial score (nSPS) is 38.3. The van der Waals surface area contributed by atoms with Crippen molar-refractivity contribution < 1.29 is 52.1 Å². The van der Waals surface area contributed by atoms with Crippen LogP contribution in [-0.2, 0) is 43.9 Å². The van der Waals surface area contributed by atoms with Crippen LogP contribution in [0, 0.1) is 0 Å². The molecule has 3 saturated heterocycles. The molecule has 0 spiro atoms. The van der Waals surface area contributed by atoms with Crippen LogP contribution in [0.25, 0.3) is 22.3 Å². The third kappa shape index (κ3) is 5.16. The second-order valence-electron chi connectivity index (χ2n) is 9.92. The van der Waals surface area contributed by atoms with Crippen LogP contribution >= 0.6 is 14.5 Å². The number of nitrogens with two attached hydrogens (primary N) is 1. The minimum atomic E-state index is -4.99. The van der Waals surface area contributed by atoms with Gasteiger partial charge in [0.1, 0.15) is 48.5 Å². The first kappa shape index (κ1) is 29.9. The van der Waals surface area contributed by atoms with Gasteiger partial charge in [0.15, 0.2) is 35.1 Å². The fourth-order valence-electron chi connectivity index (χ4n) is 5.22. The van der Waals surface area contributed by atoms with E-state index in [4.69, 9.17) is 45.1 Å². The molecule has 21 nitrogen and oxygen atoms in total. The van der Waals surface area contributed by atoms with Gasteiger partial charge < -0.3 is 44.7 Å². The second kappa shape index (κ2) is 10.9. The van der Waals surface area contributed by atoms with Gasteiger partial charge in [-0.1, -0.05) is 0 Å². The molecule has 4 aromatic heterocycles. The van der Waals surface area contributed by atoms with E-state index in [9.17, 15) is 29.4 Å². The number of phosphoric ester groups is 1. The molecule has 10 atom stereocenters. The van der Waals surface area contributed by atoms with Crippen molar-refractivity contribution in [2.45, 2.75) is 49.1 Å². The molecule has 0 radical (unpaired) electrons. The van der Waals surface area contributed by atoms with Gasteiger partial charge in [-0.05, 0) is 11.8 Å². The quantitative estimate of drug-likeness (QED) is 0.128. The lowest BCUT2D eigenvalue weighted by Gasteiger charge is -2.27. The van der Waals surface area contributed by atoms with Crippen molar-refractivity contribution in [2.24, 2.45) is 0 Å². The summed E-state index contributed by atoms with van der Waals surface area (Å²) in [7, 11) is -4.99. The number of hydrogen-bond acceptors (Lipinski definition) is 17.